The van der Waals surface area contributed by atoms with Gasteiger partial charge in [0.2, 0.25) is 5.91 Å². The van der Waals surface area contributed by atoms with Crippen molar-refractivity contribution in [3.63, 3.8) is 0 Å². The van der Waals surface area contributed by atoms with Crippen LogP contribution in [0.25, 0.3) is 0 Å². The van der Waals surface area contributed by atoms with Crippen LogP contribution in [-0.4, -0.2) is 27.7 Å². The second-order valence-corrected chi connectivity index (χ2v) is 7.79. The van der Waals surface area contributed by atoms with Gasteiger partial charge in [0.25, 0.3) is 0 Å². The second-order valence-electron chi connectivity index (χ2n) is 5.96. The molecule has 0 saturated heterocycles. The van der Waals surface area contributed by atoms with E-state index in [9.17, 15) is 9.59 Å². The van der Waals surface area contributed by atoms with Crippen LogP contribution in [0.2, 0.25) is 0 Å². The van der Waals surface area contributed by atoms with Gasteiger partial charge in [0.05, 0.1) is 18.2 Å². The molecule has 0 fully saturated rings. The summed E-state index contributed by atoms with van der Waals surface area (Å²) in [7, 11) is 0. The quantitative estimate of drug-likeness (QED) is 0.672. The van der Waals surface area contributed by atoms with Gasteiger partial charge in [-0.3, -0.25) is 9.59 Å². The third kappa shape index (κ3) is 4.40. The normalized spacial score (nSPS) is 16.5. The number of benzene rings is 2. The standard InChI is InChI=1S/C19H16Br2N2O3/c20-14-5-1-12(2-6-14)16-11-17(13-3-7-15(21)8-4-13)23(22-16)18(24)9-10-19(25)26/h1-8,17H,9-11H2,(H,25,26)/t17-/m1/s1. The van der Waals surface area contributed by atoms with Crippen LogP contribution in [0.4, 0.5) is 0 Å². The summed E-state index contributed by atoms with van der Waals surface area (Å²) in [6.07, 6.45) is 0.313. The molecular formula is C19H16Br2N2O3. The largest absolute Gasteiger partial charge is 0.481 e. The fraction of sp³-hybridized carbons (Fsp3) is 0.211. The Hall–Kier alpha value is -1.99. The molecule has 1 heterocycles. The van der Waals surface area contributed by atoms with Crippen LogP contribution >= 0.6 is 31.9 Å². The zero-order valence-corrected chi connectivity index (χ0v) is 16.9. The van der Waals surface area contributed by atoms with Gasteiger partial charge in [-0.05, 0) is 35.4 Å². The fourth-order valence-corrected chi connectivity index (χ4v) is 3.36. The molecule has 0 unspecified atom stereocenters. The van der Waals surface area contributed by atoms with Gasteiger partial charge >= 0.3 is 5.97 Å². The van der Waals surface area contributed by atoms with Gasteiger partial charge in [-0.25, -0.2) is 5.01 Å². The molecule has 1 N–H and O–H groups in total. The predicted octanol–water partition coefficient (Wildman–Crippen LogP) is 4.75. The zero-order chi connectivity index (χ0) is 18.7. The summed E-state index contributed by atoms with van der Waals surface area (Å²) in [5, 5.41) is 14.8. The highest BCUT2D eigenvalue weighted by molar-refractivity contribution is 9.10. The first-order valence-corrected chi connectivity index (χ1v) is 9.65. The summed E-state index contributed by atoms with van der Waals surface area (Å²) in [5.41, 5.74) is 2.73. The van der Waals surface area contributed by atoms with Crippen molar-refractivity contribution in [2.45, 2.75) is 25.3 Å². The molecule has 0 aromatic heterocycles. The van der Waals surface area contributed by atoms with Gasteiger partial charge in [0.1, 0.15) is 0 Å². The molecule has 26 heavy (non-hydrogen) atoms. The Morgan fingerprint density at radius 3 is 2.15 bits per heavy atom. The molecule has 0 aliphatic carbocycles. The molecule has 1 aliphatic heterocycles. The van der Waals surface area contributed by atoms with Gasteiger partial charge in [0.15, 0.2) is 0 Å². The van der Waals surface area contributed by atoms with Crippen LogP contribution in [0.15, 0.2) is 62.6 Å². The number of nitrogens with zero attached hydrogens (tertiary/aromatic N) is 2. The number of carbonyl (C=O) groups is 2. The van der Waals surface area contributed by atoms with Crippen molar-refractivity contribution >= 4 is 49.4 Å². The first kappa shape index (κ1) is 18.8. The SMILES string of the molecule is O=C(O)CCC(=O)N1N=C(c2ccc(Br)cc2)C[C@@H]1c1ccc(Br)cc1. The molecule has 0 saturated carbocycles. The number of carboxylic acids is 1. The lowest BCUT2D eigenvalue weighted by Gasteiger charge is -2.22. The number of aliphatic carboxylic acids is 1. The van der Waals surface area contributed by atoms with Crippen LogP contribution in [0.1, 0.15) is 36.4 Å². The minimum Gasteiger partial charge on any atom is -0.481 e. The van der Waals surface area contributed by atoms with Crippen LogP contribution < -0.4 is 0 Å². The molecule has 1 atom stereocenters. The Kier molecular flexibility index (Phi) is 5.88. The number of carboxylic acid groups (broad SMARTS) is 1. The molecule has 1 aliphatic rings. The number of hydrogen-bond donors (Lipinski definition) is 1. The molecule has 0 bridgehead atoms. The van der Waals surface area contributed by atoms with E-state index >= 15 is 0 Å². The first-order chi connectivity index (χ1) is 12.4. The number of carbonyl (C=O) groups excluding carboxylic acids is 1. The third-order valence-corrected chi connectivity index (χ3v) is 5.21. The highest BCUT2D eigenvalue weighted by atomic mass is 79.9. The minimum absolute atomic E-state index is 0.0700. The Morgan fingerprint density at radius 1 is 1.00 bits per heavy atom. The molecule has 2 aromatic carbocycles. The molecule has 7 heteroatoms. The number of rotatable bonds is 5. The van der Waals surface area contributed by atoms with Crippen LogP contribution in [-0.2, 0) is 9.59 Å². The number of amides is 1. The summed E-state index contributed by atoms with van der Waals surface area (Å²) in [6.45, 7) is 0. The van der Waals surface area contributed by atoms with E-state index in [1.807, 2.05) is 48.5 Å². The smallest absolute Gasteiger partial charge is 0.303 e. The molecular weight excluding hydrogens is 464 g/mol. The second kappa shape index (κ2) is 8.14. The van der Waals surface area contributed by atoms with E-state index in [1.54, 1.807) is 0 Å². The maximum Gasteiger partial charge on any atom is 0.303 e. The first-order valence-electron chi connectivity index (χ1n) is 8.07. The minimum atomic E-state index is -0.991. The molecule has 1 amide bonds. The number of hydrazone groups is 1. The zero-order valence-electron chi connectivity index (χ0n) is 13.7. The van der Waals surface area contributed by atoms with Crippen molar-refractivity contribution in [2.24, 2.45) is 5.10 Å². The van der Waals surface area contributed by atoms with E-state index in [-0.39, 0.29) is 24.8 Å². The topological polar surface area (TPSA) is 70.0 Å². The Bertz CT molecular complexity index is 848. The Labute approximate surface area is 168 Å². The summed E-state index contributed by atoms with van der Waals surface area (Å²) < 4.78 is 1.93. The van der Waals surface area contributed by atoms with E-state index in [0.717, 1.165) is 25.8 Å². The number of hydrogen-bond acceptors (Lipinski definition) is 3. The van der Waals surface area contributed by atoms with Gasteiger partial charge in [-0.1, -0.05) is 56.1 Å². The summed E-state index contributed by atoms with van der Waals surface area (Å²) in [5.74, 6) is -1.28. The van der Waals surface area contributed by atoms with Crippen molar-refractivity contribution in [1.29, 1.82) is 0 Å². The van der Waals surface area contributed by atoms with Crippen molar-refractivity contribution < 1.29 is 14.7 Å². The van der Waals surface area contributed by atoms with Crippen molar-refractivity contribution in [1.82, 2.24) is 5.01 Å². The van der Waals surface area contributed by atoms with Gasteiger partial charge in [0, 0.05) is 21.8 Å². The molecule has 2 aromatic rings. The Balaban J connectivity index is 1.89. The van der Waals surface area contributed by atoms with Gasteiger partial charge < -0.3 is 5.11 Å². The highest BCUT2D eigenvalue weighted by Crippen LogP contribution is 2.34. The summed E-state index contributed by atoms with van der Waals surface area (Å²) in [6, 6.07) is 15.3. The van der Waals surface area contributed by atoms with Crippen LogP contribution in [0.3, 0.4) is 0 Å². The molecule has 5 nitrogen and oxygen atoms in total. The molecule has 0 radical (unpaired) electrons. The number of halogens is 2. The van der Waals surface area contributed by atoms with E-state index in [0.29, 0.717) is 6.42 Å². The van der Waals surface area contributed by atoms with Crippen LogP contribution in [0, 0.1) is 0 Å². The summed E-state index contributed by atoms with van der Waals surface area (Å²) in [4.78, 5) is 23.4. The maximum absolute atomic E-state index is 12.6. The average molecular weight is 480 g/mol. The molecule has 0 spiro atoms. The van der Waals surface area contributed by atoms with E-state index in [2.05, 4.69) is 37.0 Å². The average Bonchev–Trinajstić information content (AvgIpc) is 3.06. The van der Waals surface area contributed by atoms with Crippen molar-refractivity contribution in [2.75, 3.05) is 0 Å². The van der Waals surface area contributed by atoms with Crippen molar-refractivity contribution in [3.8, 4) is 0 Å². The lowest BCUT2D eigenvalue weighted by molar-refractivity contribution is -0.141. The van der Waals surface area contributed by atoms with Crippen molar-refractivity contribution in [3.05, 3.63) is 68.6 Å². The predicted molar refractivity (Wildman–Crippen MR) is 106 cm³/mol. The lowest BCUT2D eigenvalue weighted by Crippen LogP contribution is -2.27. The van der Waals surface area contributed by atoms with Crippen LogP contribution in [0.5, 0.6) is 0 Å². The Morgan fingerprint density at radius 2 is 1.58 bits per heavy atom. The third-order valence-electron chi connectivity index (χ3n) is 4.15. The monoisotopic (exact) mass is 478 g/mol. The van der Waals surface area contributed by atoms with E-state index in [4.69, 9.17) is 5.11 Å². The maximum atomic E-state index is 12.6. The van der Waals surface area contributed by atoms with E-state index < -0.39 is 5.97 Å². The van der Waals surface area contributed by atoms with Gasteiger partial charge in [-0.2, -0.15) is 5.10 Å². The summed E-state index contributed by atoms with van der Waals surface area (Å²) >= 11 is 6.83. The highest BCUT2D eigenvalue weighted by Gasteiger charge is 2.33. The lowest BCUT2D eigenvalue weighted by atomic mass is 9.98. The van der Waals surface area contributed by atoms with E-state index in [1.165, 1.54) is 5.01 Å². The van der Waals surface area contributed by atoms with Gasteiger partial charge in [-0.15, -0.1) is 0 Å². The fourth-order valence-electron chi connectivity index (χ4n) is 2.83. The molecule has 134 valence electrons. The molecule has 3 rings (SSSR count).